The van der Waals surface area contributed by atoms with Gasteiger partial charge in [0.25, 0.3) is 0 Å². The van der Waals surface area contributed by atoms with Gasteiger partial charge in [0.2, 0.25) is 0 Å². The summed E-state index contributed by atoms with van der Waals surface area (Å²) in [5, 5.41) is 4.33. The normalized spacial score (nSPS) is 21.5. The molecular formula is C26H30N4OS. The molecule has 5 nitrogen and oxygen atoms in total. The zero-order valence-electron chi connectivity index (χ0n) is 18.5. The molecule has 2 aliphatic rings. The van der Waals surface area contributed by atoms with E-state index in [1.165, 1.54) is 43.2 Å². The van der Waals surface area contributed by atoms with Crippen LogP contribution in [-0.2, 0) is 6.54 Å². The Hall–Kier alpha value is -2.86. The molecule has 0 bridgehead atoms. The summed E-state index contributed by atoms with van der Waals surface area (Å²) in [6, 6.07) is 17.3. The average Bonchev–Trinajstić information content (AvgIpc) is 3.46. The summed E-state index contributed by atoms with van der Waals surface area (Å²) in [6.07, 6.45) is 13.0. The third kappa shape index (κ3) is 4.24. The summed E-state index contributed by atoms with van der Waals surface area (Å²) in [7, 11) is 1.69. The Morgan fingerprint density at radius 2 is 1.88 bits per heavy atom. The standard InChI is InChI=1S/C26H30N4OS/c1-31-22-12-10-19(11-13-22)17-30-25(24(28-26(30)32)23-9-5-6-15-27-23)20-14-16-29(18-20)21-7-3-2-4-8-21/h5-6,9-16,18,21,24-25H,2-4,7-8,17H2,1H3,(H,28,32). The Morgan fingerprint density at radius 1 is 1.06 bits per heavy atom. The smallest absolute Gasteiger partial charge is 0.170 e. The van der Waals surface area contributed by atoms with Crippen molar-refractivity contribution in [1.29, 1.82) is 0 Å². The highest BCUT2D eigenvalue weighted by Gasteiger charge is 2.40. The molecule has 1 saturated heterocycles. The van der Waals surface area contributed by atoms with Crippen LogP contribution in [0.1, 0.15) is 67.1 Å². The second kappa shape index (κ2) is 9.33. The van der Waals surface area contributed by atoms with Crippen molar-refractivity contribution < 1.29 is 4.74 Å². The number of pyridine rings is 1. The van der Waals surface area contributed by atoms with Crippen molar-refractivity contribution >= 4 is 17.3 Å². The van der Waals surface area contributed by atoms with Crippen LogP contribution in [0.2, 0.25) is 0 Å². The molecule has 32 heavy (non-hydrogen) atoms. The largest absolute Gasteiger partial charge is 0.497 e. The van der Waals surface area contributed by atoms with E-state index in [0.29, 0.717) is 6.04 Å². The van der Waals surface area contributed by atoms with Gasteiger partial charge >= 0.3 is 0 Å². The number of nitrogens with zero attached hydrogens (tertiary/aromatic N) is 3. The molecule has 5 rings (SSSR count). The van der Waals surface area contributed by atoms with Crippen LogP contribution in [0.25, 0.3) is 0 Å². The van der Waals surface area contributed by atoms with Gasteiger partial charge in [0.15, 0.2) is 5.11 Å². The van der Waals surface area contributed by atoms with E-state index in [4.69, 9.17) is 17.0 Å². The lowest BCUT2D eigenvalue weighted by Gasteiger charge is -2.28. The van der Waals surface area contributed by atoms with E-state index in [1.54, 1.807) is 7.11 Å². The van der Waals surface area contributed by atoms with Gasteiger partial charge in [-0.2, -0.15) is 0 Å². The minimum absolute atomic E-state index is 0.0177. The van der Waals surface area contributed by atoms with Crippen molar-refractivity contribution in [3.63, 3.8) is 0 Å². The molecule has 2 unspecified atom stereocenters. The van der Waals surface area contributed by atoms with E-state index in [-0.39, 0.29) is 12.1 Å². The van der Waals surface area contributed by atoms with E-state index in [0.717, 1.165) is 23.1 Å². The fourth-order valence-corrected chi connectivity index (χ4v) is 5.38. The zero-order valence-corrected chi connectivity index (χ0v) is 19.3. The van der Waals surface area contributed by atoms with Crippen LogP contribution in [0.15, 0.2) is 67.1 Å². The van der Waals surface area contributed by atoms with Gasteiger partial charge in [-0.25, -0.2) is 0 Å². The van der Waals surface area contributed by atoms with Gasteiger partial charge in [-0.3, -0.25) is 4.98 Å². The topological polar surface area (TPSA) is 42.3 Å². The highest BCUT2D eigenvalue weighted by atomic mass is 32.1. The predicted octanol–water partition coefficient (Wildman–Crippen LogP) is 5.57. The van der Waals surface area contributed by atoms with E-state index in [9.17, 15) is 0 Å². The van der Waals surface area contributed by atoms with Gasteiger partial charge < -0.3 is 19.5 Å². The van der Waals surface area contributed by atoms with Crippen LogP contribution in [0.5, 0.6) is 5.75 Å². The van der Waals surface area contributed by atoms with Crippen molar-refractivity contribution in [3.05, 3.63) is 83.9 Å². The van der Waals surface area contributed by atoms with Crippen molar-refractivity contribution in [1.82, 2.24) is 19.8 Å². The highest BCUT2D eigenvalue weighted by molar-refractivity contribution is 7.80. The SMILES string of the molecule is COc1ccc(CN2C(=S)NC(c3ccccn3)C2c2ccn(C3CCCCC3)c2)cc1. The summed E-state index contributed by atoms with van der Waals surface area (Å²) in [4.78, 5) is 6.96. The second-order valence-electron chi connectivity index (χ2n) is 8.79. The molecule has 1 N–H and O–H groups in total. The monoisotopic (exact) mass is 446 g/mol. The molecule has 2 atom stereocenters. The molecule has 0 amide bonds. The lowest BCUT2D eigenvalue weighted by molar-refractivity contribution is 0.309. The van der Waals surface area contributed by atoms with Crippen molar-refractivity contribution in [2.24, 2.45) is 0 Å². The molecule has 1 saturated carbocycles. The third-order valence-electron chi connectivity index (χ3n) is 6.78. The third-order valence-corrected chi connectivity index (χ3v) is 7.14. The van der Waals surface area contributed by atoms with Crippen LogP contribution in [-0.4, -0.2) is 26.7 Å². The van der Waals surface area contributed by atoms with Gasteiger partial charge in [-0.05, 0) is 66.5 Å². The van der Waals surface area contributed by atoms with Crippen LogP contribution in [0.4, 0.5) is 0 Å². The van der Waals surface area contributed by atoms with Crippen molar-refractivity contribution in [2.75, 3.05) is 7.11 Å². The summed E-state index contributed by atoms with van der Waals surface area (Å²) in [5.74, 6) is 0.864. The fourth-order valence-electron chi connectivity index (χ4n) is 5.08. The molecule has 2 fully saturated rings. The second-order valence-corrected chi connectivity index (χ2v) is 9.17. The lowest BCUT2D eigenvalue weighted by atomic mass is 9.95. The number of hydrogen-bond donors (Lipinski definition) is 1. The lowest BCUT2D eigenvalue weighted by Crippen LogP contribution is -2.29. The minimum atomic E-state index is 0.0177. The Morgan fingerprint density at radius 3 is 2.59 bits per heavy atom. The number of methoxy groups -OCH3 is 1. The number of nitrogens with one attached hydrogen (secondary N) is 1. The first kappa shape index (κ1) is 21.0. The number of hydrogen-bond acceptors (Lipinski definition) is 3. The van der Waals surface area contributed by atoms with E-state index >= 15 is 0 Å². The highest BCUT2D eigenvalue weighted by Crippen LogP contribution is 2.40. The average molecular weight is 447 g/mol. The van der Waals surface area contributed by atoms with Gasteiger partial charge in [0, 0.05) is 31.2 Å². The maximum Gasteiger partial charge on any atom is 0.170 e. The van der Waals surface area contributed by atoms with Gasteiger partial charge in [0.1, 0.15) is 5.75 Å². The first-order valence-corrected chi connectivity index (χ1v) is 11.9. The molecule has 0 radical (unpaired) electrons. The number of rotatable bonds is 6. The summed E-state index contributed by atoms with van der Waals surface area (Å²) < 4.78 is 7.75. The van der Waals surface area contributed by atoms with E-state index < -0.39 is 0 Å². The zero-order chi connectivity index (χ0) is 21.9. The Bertz CT molecular complexity index is 1040. The molecular weight excluding hydrogens is 416 g/mol. The molecule has 1 aliphatic carbocycles. The molecule has 0 spiro atoms. The van der Waals surface area contributed by atoms with E-state index in [2.05, 4.69) is 56.4 Å². The van der Waals surface area contributed by atoms with Crippen molar-refractivity contribution in [3.8, 4) is 5.75 Å². The first-order chi connectivity index (χ1) is 15.7. The van der Waals surface area contributed by atoms with Crippen LogP contribution in [0, 0.1) is 0 Å². The Kier molecular flexibility index (Phi) is 6.12. The van der Waals surface area contributed by atoms with Gasteiger partial charge in [-0.15, -0.1) is 0 Å². The number of thiocarbonyl (C=S) groups is 1. The number of aromatic nitrogens is 2. The van der Waals surface area contributed by atoms with Crippen molar-refractivity contribution in [2.45, 2.75) is 56.8 Å². The quantitative estimate of drug-likeness (QED) is 0.502. The fraction of sp³-hybridized carbons (Fsp3) is 0.385. The van der Waals surface area contributed by atoms with Crippen LogP contribution < -0.4 is 10.1 Å². The molecule has 3 heterocycles. The van der Waals surface area contributed by atoms with E-state index in [1.807, 2.05) is 30.5 Å². The Balaban J connectivity index is 1.47. The summed E-state index contributed by atoms with van der Waals surface area (Å²) >= 11 is 5.83. The molecule has 2 aromatic heterocycles. The predicted molar refractivity (Wildman–Crippen MR) is 131 cm³/mol. The van der Waals surface area contributed by atoms with Crippen LogP contribution in [0.3, 0.4) is 0 Å². The summed E-state index contributed by atoms with van der Waals surface area (Å²) in [5.41, 5.74) is 3.50. The molecule has 1 aliphatic heterocycles. The maximum atomic E-state index is 5.83. The van der Waals surface area contributed by atoms with Gasteiger partial charge in [-0.1, -0.05) is 37.5 Å². The molecule has 3 aromatic rings. The molecule has 1 aromatic carbocycles. The Labute approximate surface area is 195 Å². The number of ether oxygens (including phenoxy) is 1. The summed E-state index contributed by atoms with van der Waals surface area (Å²) in [6.45, 7) is 0.735. The van der Waals surface area contributed by atoms with Crippen LogP contribution >= 0.6 is 12.2 Å². The minimum Gasteiger partial charge on any atom is -0.497 e. The van der Waals surface area contributed by atoms with Gasteiger partial charge in [0.05, 0.1) is 24.9 Å². The molecule has 166 valence electrons. The first-order valence-electron chi connectivity index (χ1n) is 11.5. The molecule has 6 heteroatoms. The maximum absolute atomic E-state index is 5.83. The number of benzene rings is 1.